The number of rotatable bonds is 7. The zero-order valence-corrected chi connectivity index (χ0v) is 18.6. The van der Waals surface area contributed by atoms with Gasteiger partial charge in [0.2, 0.25) is 0 Å². The minimum absolute atomic E-state index is 0.126. The number of benzene rings is 2. The van der Waals surface area contributed by atoms with E-state index in [1.807, 2.05) is 12.1 Å². The Morgan fingerprint density at radius 3 is 2.55 bits per heavy atom. The molecule has 164 valence electrons. The van der Waals surface area contributed by atoms with Gasteiger partial charge in [0, 0.05) is 35.2 Å². The van der Waals surface area contributed by atoms with Gasteiger partial charge < -0.3 is 18.9 Å². The van der Waals surface area contributed by atoms with Gasteiger partial charge in [-0.15, -0.1) is 0 Å². The van der Waals surface area contributed by atoms with Crippen LogP contribution in [-0.4, -0.2) is 49.3 Å². The number of ether oxygens (including phenoxy) is 2. The third-order valence-corrected chi connectivity index (χ3v) is 6.11. The van der Waals surface area contributed by atoms with Crippen LogP contribution in [0.4, 0.5) is 5.69 Å². The number of hydrogen-bond donors (Lipinski definition) is 0. The summed E-state index contributed by atoms with van der Waals surface area (Å²) in [6, 6.07) is 9.32. The van der Waals surface area contributed by atoms with Crippen molar-refractivity contribution in [1.29, 1.82) is 0 Å². The van der Waals surface area contributed by atoms with Crippen LogP contribution in [0.5, 0.6) is 11.5 Å². The second-order valence-corrected chi connectivity index (χ2v) is 8.27. The first-order valence-electron chi connectivity index (χ1n) is 10.6. The Bertz CT molecular complexity index is 1130. The molecule has 0 N–H and O–H groups in total. The van der Waals surface area contributed by atoms with E-state index in [2.05, 4.69) is 29.6 Å². The average molecular weight is 424 g/mol. The molecule has 7 heteroatoms. The molecule has 4 rings (SSSR count). The molecule has 0 radical (unpaired) electrons. The summed E-state index contributed by atoms with van der Waals surface area (Å²) in [4.78, 5) is 13.3. The van der Waals surface area contributed by atoms with E-state index in [1.165, 1.54) is 5.56 Å². The molecule has 0 bridgehead atoms. The van der Waals surface area contributed by atoms with Crippen molar-refractivity contribution in [3.8, 4) is 22.8 Å². The van der Waals surface area contributed by atoms with Crippen LogP contribution in [0.1, 0.15) is 24.0 Å². The molecule has 0 amide bonds. The highest BCUT2D eigenvalue weighted by molar-refractivity contribution is 5.94. The summed E-state index contributed by atoms with van der Waals surface area (Å²) in [5.41, 5.74) is 5.76. The van der Waals surface area contributed by atoms with Gasteiger partial charge in [-0.3, -0.25) is 10.1 Å². The first-order valence-corrected chi connectivity index (χ1v) is 10.6. The standard InChI is InChI=1S/C24H29N3O4/c1-25(2)13-6-14-26-21-15-16(27(28)29)9-10-17(21)18-7-5-8-20-19(23(18)26)11-12-22(30-3)24(20)31-4/h9-12,15H,5-8,13-14H2,1-4H3. The highest BCUT2D eigenvalue weighted by Gasteiger charge is 2.27. The van der Waals surface area contributed by atoms with E-state index < -0.39 is 0 Å². The van der Waals surface area contributed by atoms with Gasteiger partial charge in [-0.1, -0.05) is 0 Å². The molecule has 0 saturated carbocycles. The highest BCUT2D eigenvalue weighted by Crippen LogP contribution is 2.45. The zero-order valence-electron chi connectivity index (χ0n) is 18.6. The maximum Gasteiger partial charge on any atom is 0.271 e. The van der Waals surface area contributed by atoms with E-state index in [0.29, 0.717) is 0 Å². The predicted molar refractivity (Wildman–Crippen MR) is 122 cm³/mol. The number of nitro groups is 1. The van der Waals surface area contributed by atoms with Gasteiger partial charge in [-0.25, -0.2) is 0 Å². The van der Waals surface area contributed by atoms with E-state index in [-0.39, 0.29) is 10.6 Å². The van der Waals surface area contributed by atoms with Crippen molar-refractivity contribution in [1.82, 2.24) is 9.47 Å². The lowest BCUT2D eigenvalue weighted by Crippen LogP contribution is -2.15. The molecule has 31 heavy (non-hydrogen) atoms. The molecule has 7 nitrogen and oxygen atoms in total. The summed E-state index contributed by atoms with van der Waals surface area (Å²) in [7, 11) is 7.46. The summed E-state index contributed by atoms with van der Waals surface area (Å²) >= 11 is 0. The molecule has 2 aromatic carbocycles. The Hall–Kier alpha value is -3.06. The normalized spacial score (nSPS) is 13.1. The smallest absolute Gasteiger partial charge is 0.271 e. The Morgan fingerprint density at radius 2 is 1.87 bits per heavy atom. The molecular formula is C24H29N3O4. The third-order valence-electron chi connectivity index (χ3n) is 6.11. The number of hydrogen-bond acceptors (Lipinski definition) is 5. The molecule has 1 aromatic heterocycles. The minimum atomic E-state index is -0.316. The fraction of sp³-hybridized carbons (Fsp3) is 0.417. The van der Waals surface area contributed by atoms with Gasteiger partial charge in [0.25, 0.3) is 5.69 Å². The Labute approximate surface area is 182 Å². The Kier molecular flexibility index (Phi) is 5.87. The van der Waals surface area contributed by atoms with Gasteiger partial charge in [0.05, 0.1) is 30.4 Å². The highest BCUT2D eigenvalue weighted by atomic mass is 16.6. The van der Waals surface area contributed by atoms with E-state index in [9.17, 15) is 10.1 Å². The van der Waals surface area contributed by atoms with Crippen molar-refractivity contribution in [3.05, 3.63) is 51.6 Å². The quantitative estimate of drug-likeness (QED) is 0.408. The van der Waals surface area contributed by atoms with Crippen LogP contribution < -0.4 is 9.47 Å². The molecular weight excluding hydrogens is 394 g/mol. The molecule has 0 aliphatic heterocycles. The van der Waals surface area contributed by atoms with E-state index in [1.54, 1.807) is 26.4 Å². The number of methoxy groups -OCH3 is 2. The van der Waals surface area contributed by atoms with Gasteiger partial charge in [-0.2, -0.15) is 0 Å². The summed E-state index contributed by atoms with van der Waals surface area (Å²) in [6.07, 6.45) is 3.76. The molecule has 0 spiro atoms. The molecule has 0 unspecified atom stereocenters. The molecule has 0 fully saturated rings. The predicted octanol–water partition coefficient (Wildman–Crippen LogP) is 4.67. The van der Waals surface area contributed by atoms with Crippen molar-refractivity contribution in [2.75, 3.05) is 34.9 Å². The number of aromatic nitrogens is 1. The maximum atomic E-state index is 11.5. The SMILES string of the molecule is COc1ccc2c(c1OC)CCCc1c-2n(CCCN(C)C)c2cc([N+](=O)[O-])ccc12. The second kappa shape index (κ2) is 8.59. The third kappa shape index (κ3) is 3.74. The molecule has 1 aliphatic carbocycles. The van der Waals surface area contributed by atoms with Crippen LogP contribution >= 0.6 is 0 Å². The van der Waals surface area contributed by atoms with Crippen molar-refractivity contribution in [3.63, 3.8) is 0 Å². The zero-order chi connectivity index (χ0) is 22.1. The van der Waals surface area contributed by atoms with Crippen LogP contribution in [0.25, 0.3) is 22.2 Å². The van der Waals surface area contributed by atoms with Gasteiger partial charge in [0.1, 0.15) is 0 Å². The molecule has 0 atom stereocenters. The average Bonchev–Trinajstić information content (AvgIpc) is 2.92. The molecule has 3 aromatic rings. The van der Waals surface area contributed by atoms with E-state index in [0.717, 1.165) is 78.0 Å². The lowest BCUT2D eigenvalue weighted by Gasteiger charge is -2.18. The number of nitro benzene ring substituents is 1. The van der Waals surface area contributed by atoms with Crippen molar-refractivity contribution >= 4 is 16.6 Å². The summed E-state index contributed by atoms with van der Waals surface area (Å²) in [5, 5.41) is 12.6. The summed E-state index contributed by atoms with van der Waals surface area (Å²) in [6.45, 7) is 1.74. The van der Waals surface area contributed by atoms with E-state index in [4.69, 9.17) is 9.47 Å². The number of aryl methyl sites for hydroxylation is 2. The fourth-order valence-corrected chi connectivity index (χ4v) is 4.76. The van der Waals surface area contributed by atoms with Gasteiger partial charge in [-0.05, 0) is 70.1 Å². The monoisotopic (exact) mass is 423 g/mol. The molecule has 1 heterocycles. The number of non-ortho nitro benzene ring substituents is 1. The first-order chi connectivity index (χ1) is 15.0. The molecule has 1 aliphatic rings. The summed E-state index contributed by atoms with van der Waals surface area (Å²) in [5.74, 6) is 1.51. The van der Waals surface area contributed by atoms with Crippen LogP contribution in [0.3, 0.4) is 0 Å². The van der Waals surface area contributed by atoms with Crippen LogP contribution in [-0.2, 0) is 19.4 Å². The van der Waals surface area contributed by atoms with Crippen molar-refractivity contribution in [2.45, 2.75) is 32.2 Å². The fourth-order valence-electron chi connectivity index (χ4n) is 4.76. The lowest BCUT2D eigenvalue weighted by molar-refractivity contribution is -0.384. The van der Waals surface area contributed by atoms with Gasteiger partial charge >= 0.3 is 0 Å². The largest absolute Gasteiger partial charge is 0.493 e. The number of fused-ring (bicyclic) bond motifs is 5. The first kappa shape index (κ1) is 21.2. The van der Waals surface area contributed by atoms with Crippen LogP contribution in [0, 0.1) is 10.1 Å². The summed E-state index contributed by atoms with van der Waals surface area (Å²) < 4.78 is 13.6. The van der Waals surface area contributed by atoms with Crippen molar-refractivity contribution < 1.29 is 14.4 Å². The Balaban J connectivity index is 1.99. The second-order valence-electron chi connectivity index (χ2n) is 8.27. The van der Waals surface area contributed by atoms with Crippen LogP contribution in [0.2, 0.25) is 0 Å². The maximum absolute atomic E-state index is 11.5. The van der Waals surface area contributed by atoms with Crippen LogP contribution in [0.15, 0.2) is 30.3 Å². The lowest BCUT2D eigenvalue weighted by atomic mass is 10.00. The van der Waals surface area contributed by atoms with Crippen molar-refractivity contribution in [2.24, 2.45) is 0 Å². The topological polar surface area (TPSA) is 69.8 Å². The van der Waals surface area contributed by atoms with Gasteiger partial charge in [0.15, 0.2) is 11.5 Å². The molecule has 0 saturated heterocycles. The minimum Gasteiger partial charge on any atom is -0.493 e. The van der Waals surface area contributed by atoms with E-state index >= 15 is 0 Å². The Morgan fingerprint density at radius 1 is 1.10 bits per heavy atom. The number of nitrogens with zero attached hydrogens (tertiary/aromatic N) is 3.